The van der Waals surface area contributed by atoms with Crippen molar-refractivity contribution in [2.24, 2.45) is 0 Å². The number of aromatic nitrogens is 3. The number of anilines is 2. The van der Waals surface area contributed by atoms with Gasteiger partial charge in [0.15, 0.2) is 0 Å². The van der Waals surface area contributed by atoms with Gasteiger partial charge in [-0.15, -0.1) is 0 Å². The number of aliphatic hydroxyl groups is 1. The SMILES string of the molecule is CCCCCCCCC(=O)Nc1ccc(N2CCN(CC(O)(Cn3cncn3)c3ccc(F)cc3F)CC2)c(F)c1. The van der Waals surface area contributed by atoms with Crippen LogP contribution in [0.2, 0.25) is 0 Å². The Hall–Kier alpha value is -3.44. The van der Waals surface area contributed by atoms with E-state index in [1.807, 2.05) is 9.80 Å². The maximum absolute atomic E-state index is 15.1. The van der Waals surface area contributed by atoms with Crippen LogP contribution >= 0.6 is 0 Å². The van der Waals surface area contributed by atoms with Gasteiger partial charge in [-0.25, -0.2) is 22.8 Å². The summed E-state index contributed by atoms with van der Waals surface area (Å²) in [7, 11) is 0. The molecule has 4 rings (SSSR count). The molecule has 41 heavy (non-hydrogen) atoms. The molecule has 222 valence electrons. The lowest BCUT2D eigenvalue weighted by Gasteiger charge is -2.40. The van der Waals surface area contributed by atoms with E-state index in [1.54, 1.807) is 12.1 Å². The van der Waals surface area contributed by atoms with Crippen LogP contribution in [0.15, 0.2) is 49.1 Å². The van der Waals surface area contributed by atoms with Crippen molar-refractivity contribution in [3.8, 4) is 0 Å². The summed E-state index contributed by atoms with van der Waals surface area (Å²) in [5, 5.41) is 18.4. The van der Waals surface area contributed by atoms with Crippen molar-refractivity contribution >= 4 is 17.3 Å². The second kappa shape index (κ2) is 14.5. The third-order valence-corrected chi connectivity index (χ3v) is 7.51. The summed E-state index contributed by atoms with van der Waals surface area (Å²) in [5.74, 6) is -2.11. The van der Waals surface area contributed by atoms with E-state index < -0.39 is 23.1 Å². The van der Waals surface area contributed by atoms with Gasteiger partial charge in [-0.3, -0.25) is 9.69 Å². The number of β-amino-alcohol motifs (C(OH)–C–C–N with tert-alkyl or cyclic N) is 1. The molecule has 0 saturated carbocycles. The standard InChI is InChI=1S/C30H39F3N6O2/c1-2-3-4-5-6-7-8-29(40)36-24-10-12-28(27(33)18-24)38-15-13-37(14-16-38)19-30(41,20-39-22-34-21-35-39)25-11-9-23(31)17-26(25)32/h9-12,17-18,21-22,41H,2-8,13-16,19-20H2,1H3,(H,36,40). The highest BCUT2D eigenvalue weighted by atomic mass is 19.1. The van der Waals surface area contributed by atoms with Crippen LogP contribution in [0.5, 0.6) is 0 Å². The molecule has 0 aliphatic carbocycles. The van der Waals surface area contributed by atoms with Gasteiger partial charge in [0, 0.05) is 56.5 Å². The smallest absolute Gasteiger partial charge is 0.224 e. The topological polar surface area (TPSA) is 86.5 Å². The molecule has 3 aromatic rings. The minimum atomic E-state index is -1.70. The van der Waals surface area contributed by atoms with Crippen molar-refractivity contribution < 1.29 is 23.1 Å². The Labute approximate surface area is 239 Å². The van der Waals surface area contributed by atoms with Crippen LogP contribution in [0.25, 0.3) is 0 Å². The van der Waals surface area contributed by atoms with Crippen LogP contribution < -0.4 is 10.2 Å². The summed E-state index contributed by atoms with van der Waals surface area (Å²) >= 11 is 0. The van der Waals surface area contributed by atoms with Gasteiger partial charge in [0.25, 0.3) is 0 Å². The van der Waals surface area contributed by atoms with Crippen LogP contribution in [0.4, 0.5) is 24.5 Å². The molecule has 2 aromatic carbocycles. The summed E-state index contributed by atoms with van der Waals surface area (Å²) < 4.78 is 44.8. The molecule has 1 aliphatic heterocycles. The van der Waals surface area contributed by atoms with E-state index in [9.17, 15) is 18.7 Å². The third kappa shape index (κ3) is 8.53. The molecular weight excluding hydrogens is 533 g/mol. The fraction of sp³-hybridized carbons (Fsp3) is 0.500. The van der Waals surface area contributed by atoms with Crippen molar-refractivity contribution in [1.29, 1.82) is 0 Å². The zero-order valence-corrected chi connectivity index (χ0v) is 23.5. The number of halogens is 3. The van der Waals surface area contributed by atoms with Gasteiger partial charge >= 0.3 is 0 Å². The molecule has 1 amide bonds. The lowest BCUT2D eigenvalue weighted by molar-refractivity contribution is -0.116. The highest BCUT2D eigenvalue weighted by molar-refractivity contribution is 5.90. The number of amides is 1. The molecule has 1 unspecified atom stereocenters. The first-order chi connectivity index (χ1) is 19.8. The zero-order chi connectivity index (χ0) is 29.2. The number of carbonyl (C=O) groups excluding carboxylic acids is 1. The number of unbranched alkanes of at least 4 members (excludes halogenated alkanes) is 5. The van der Waals surface area contributed by atoms with Crippen molar-refractivity contribution in [2.45, 2.75) is 64.0 Å². The average molecular weight is 573 g/mol. The van der Waals surface area contributed by atoms with Crippen LogP contribution in [0.3, 0.4) is 0 Å². The molecule has 1 saturated heterocycles. The molecule has 11 heteroatoms. The van der Waals surface area contributed by atoms with Crippen LogP contribution in [0.1, 0.15) is 57.4 Å². The highest BCUT2D eigenvalue weighted by Gasteiger charge is 2.36. The Kier molecular flexibility index (Phi) is 10.8. The predicted octanol–water partition coefficient (Wildman–Crippen LogP) is 5.09. The van der Waals surface area contributed by atoms with Crippen molar-refractivity contribution in [3.05, 3.63) is 72.1 Å². The number of rotatable bonds is 14. The van der Waals surface area contributed by atoms with E-state index >= 15 is 4.39 Å². The van der Waals surface area contributed by atoms with E-state index in [0.29, 0.717) is 44.0 Å². The molecule has 1 atom stereocenters. The largest absolute Gasteiger partial charge is 0.382 e. The summed E-state index contributed by atoms with van der Waals surface area (Å²) in [6.45, 7) is 4.09. The fourth-order valence-corrected chi connectivity index (χ4v) is 5.32. The Morgan fingerprint density at radius 1 is 0.951 bits per heavy atom. The molecule has 0 bridgehead atoms. The molecular formula is C30H39F3N6O2. The number of piperazine rings is 1. The number of carbonyl (C=O) groups is 1. The molecule has 1 aromatic heterocycles. The quantitative estimate of drug-likeness (QED) is 0.262. The monoisotopic (exact) mass is 572 g/mol. The fourth-order valence-electron chi connectivity index (χ4n) is 5.32. The van der Waals surface area contributed by atoms with E-state index in [1.165, 1.54) is 48.7 Å². The van der Waals surface area contributed by atoms with Gasteiger partial charge in [0.05, 0.1) is 12.2 Å². The van der Waals surface area contributed by atoms with Gasteiger partial charge in [-0.05, 0) is 30.7 Å². The number of benzene rings is 2. The van der Waals surface area contributed by atoms with Gasteiger partial charge in [0.1, 0.15) is 35.7 Å². The van der Waals surface area contributed by atoms with Crippen LogP contribution in [0, 0.1) is 17.5 Å². The predicted molar refractivity (Wildman–Crippen MR) is 152 cm³/mol. The van der Waals surface area contributed by atoms with Crippen molar-refractivity contribution in [3.63, 3.8) is 0 Å². The van der Waals surface area contributed by atoms with Gasteiger partial charge in [-0.2, -0.15) is 5.10 Å². The molecule has 2 N–H and O–H groups in total. The summed E-state index contributed by atoms with van der Waals surface area (Å²) in [6, 6.07) is 7.84. The Balaban J connectivity index is 1.33. The van der Waals surface area contributed by atoms with E-state index in [0.717, 1.165) is 31.4 Å². The Morgan fingerprint density at radius 2 is 1.71 bits per heavy atom. The third-order valence-electron chi connectivity index (χ3n) is 7.51. The maximum Gasteiger partial charge on any atom is 0.224 e. The minimum absolute atomic E-state index is 0.0306. The van der Waals surface area contributed by atoms with Gasteiger partial charge in [0.2, 0.25) is 5.91 Å². The van der Waals surface area contributed by atoms with Crippen molar-refractivity contribution in [1.82, 2.24) is 19.7 Å². The number of nitrogens with one attached hydrogen (secondary N) is 1. The highest BCUT2D eigenvalue weighted by Crippen LogP contribution is 2.29. The summed E-state index contributed by atoms with van der Waals surface area (Å²) in [5.41, 5.74) is -0.868. The van der Waals surface area contributed by atoms with Gasteiger partial charge < -0.3 is 15.3 Å². The second-order valence-corrected chi connectivity index (χ2v) is 10.7. The molecule has 2 heterocycles. The first-order valence-corrected chi connectivity index (χ1v) is 14.3. The first-order valence-electron chi connectivity index (χ1n) is 14.3. The minimum Gasteiger partial charge on any atom is -0.382 e. The Morgan fingerprint density at radius 3 is 2.39 bits per heavy atom. The lowest BCUT2D eigenvalue weighted by atomic mass is 9.92. The van der Waals surface area contributed by atoms with Gasteiger partial charge in [-0.1, -0.05) is 45.1 Å². The average Bonchev–Trinajstić information content (AvgIpc) is 3.44. The summed E-state index contributed by atoms with van der Waals surface area (Å²) in [4.78, 5) is 20.0. The van der Waals surface area contributed by atoms with Crippen LogP contribution in [-0.4, -0.2) is 63.4 Å². The Bertz CT molecular complexity index is 1270. The lowest BCUT2D eigenvalue weighted by Crippen LogP contribution is -2.52. The molecule has 1 aliphatic rings. The maximum atomic E-state index is 15.1. The van der Waals surface area contributed by atoms with E-state index in [4.69, 9.17) is 0 Å². The van der Waals surface area contributed by atoms with E-state index in [-0.39, 0.29) is 24.6 Å². The molecule has 8 nitrogen and oxygen atoms in total. The second-order valence-electron chi connectivity index (χ2n) is 10.7. The normalized spacial score (nSPS) is 15.6. The zero-order valence-electron chi connectivity index (χ0n) is 23.5. The van der Waals surface area contributed by atoms with Crippen molar-refractivity contribution in [2.75, 3.05) is 42.9 Å². The first kappa shape index (κ1) is 30.5. The van der Waals surface area contributed by atoms with Crippen LogP contribution in [-0.2, 0) is 16.9 Å². The molecule has 0 radical (unpaired) electrons. The number of nitrogens with zero attached hydrogens (tertiary/aromatic N) is 5. The summed E-state index contributed by atoms with van der Waals surface area (Å²) in [6.07, 6.45) is 9.72. The van der Waals surface area contributed by atoms with E-state index in [2.05, 4.69) is 22.3 Å². The molecule has 1 fully saturated rings. The molecule has 0 spiro atoms. The number of hydrogen-bond donors (Lipinski definition) is 2. The number of hydrogen-bond acceptors (Lipinski definition) is 6.